The molecule has 3 heteroatoms. The molecule has 3 nitrogen and oxygen atoms in total. The number of carbonyl (C=O) groups excluding carboxylic acids is 1. The van der Waals surface area contributed by atoms with Gasteiger partial charge in [0.2, 0.25) is 5.91 Å². The Kier molecular flexibility index (Phi) is 1.83. The second-order valence-electron chi connectivity index (χ2n) is 5.36. The number of carbonyl (C=O) groups is 1. The molecule has 15 heavy (non-hydrogen) atoms. The van der Waals surface area contributed by atoms with Gasteiger partial charge in [0.15, 0.2) is 0 Å². The number of rotatable bonds is 1. The lowest BCUT2D eigenvalue weighted by molar-refractivity contribution is -0.134. The van der Waals surface area contributed by atoms with Gasteiger partial charge in [0.05, 0.1) is 6.07 Å². The maximum absolute atomic E-state index is 12.1. The van der Waals surface area contributed by atoms with E-state index in [2.05, 4.69) is 6.07 Å². The van der Waals surface area contributed by atoms with Crippen LogP contribution in [0.15, 0.2) is 0 Å². The van der Waals surface area contributed by atoms with E-state index >= 15 is 0 Å². The molecule has 0 spiro atoms. The molecular weight excluding hydrogens is 188 g/mol. The van der Waals surface area contributed by atoms with Gasteiger partial charge in [-0.25, -0.2) is 0 Å². The van der Waals surface area contributed by atoms with Crippen molar-refractivity contribution in [1.29, 1.82) is 5.26 Å². The minimum Gasteiger partial charge on any atom is -0.341 e. The zero-order valence-corrected chi connectivity index (χ0v) is 8.91. The molecule has 84 valence electrons. The van der Waals surface area contributed by atoms with Crippen LogP contribution in [-0.2, 0) is 4.79 Å². The summed E-state index contributed by atoms with van der Waals surface area (Å²) in [5.74, 6) is 1.60. The van der Waals surface area contributed by atoms with Crippen LogP contribution in [0.3, 0.4) is 0 Å². The van der Waals surface area contributed by atoms with Gasteiger partial charge >= 0.3 is 0 Å². The summed E-state index contributed by atoms with van der Waals surface area (Å²) in [6.07, 6.45) is 5.48. The highest BCUT2D eigenvalue weighted by molar-refractivity contribution is 5.88. The average molecular weight is 208 g/mol. The molecule has 0 aromatic heterocycles. The summed E-state index contributed by atoms with van der Waals surface area (Å²) >= 11 is 0. The monoisotopic (exact) mass is 208 g/mol. The molecule has 1 saturated heterocycles. The SMILES string of the molecule is N#CC1(C(=O)N2CC3CCCC3C2)CC1.[HH].[HH]. The van der Waals surface area contributed by atoms with Crippen molar-refractivity contribution in [3.05, 3.63) is 0 Å². The molecule has 0 N–H and O–H groups in total. The maximum atomic E-state index is 12.1. The first kappa shape index (κ1) is 9.21. The zero-order chi connectivity index (χ0) is 10.5. The summed E-state index contributed by atoms with van der Waals surface area (Å²) in [6.45, 7) is 1.85. The predicted octanol–water partition coefficient (Wildman–Crippen LogP) is 2.04. The van der Waals surface area contributed by atoms with Crippen molar-refractivity contribution in [2.75, 3.05) is 13.1 Å². The van der Waals surface area contributed by atoms with Crippen LogP contribution in [0, 0.1) is 28.6 Å². The molecule has 1 aliphatic heterocycles. The molecule has 0 radical (unpaired) electrons. The fourth-order valence-electron chi connectivity index (χ4n) is 3.20. The van der Waals surface area contributed by atoms with Crippen molar-refractivity contribution >= 4 is 5.91 Å². The molecule has 1 heterocycles. The third-order valence-electron chi connectivity index (χ3n) is 4.39. The van der Waals surface area contributed by atoms with Crippen molar-refractivity contribution < 1.29 is 7.65 Å². The van der Waals surface area contributed by atoms with E-state index in [0.29, 0.717) is 0 Å². The molecule has 2 saturated carbocycles. The van der Waals surface area contributed by atoms with Gasteiger partial charge in [-0.1, -0.05) is 6.42 Å². The summed E-state index contributed by atoms with van der Waals surface area (Å²) in [6, 6.07) is 2.20. The summed E-state index contributed by atoms with van der Waals surface area (Å²) in [5.41, 5.74) is -0.599. The third-order valence-corrected chi connectivity index (χ3v) is 4.39. The lowest BCUT2D eigenvalue weighted by Crippen LogP contribution is -2.35. The number of fused-ring (bicyclic) bond motifs is 1. The molecule has 0 bridgehead atoms. The lowest BCUT2D eigenvalue weighted by atomic mass is 10.0. The normalized spacial score (nSPS) is 36.1. The Morgan fingerprint density at radius 3 is 2.40 bits per heavy atom. The number of amides is 1. The van der Waals surface area contributed by atoms with E-state index < -0.39 is 5.41 Å². The van der Waals surface area contributed by atoms with Crippen molar-refractivity contribution in [1.82, 2.24) is 4.90 Å². The van der Waals surface area contributed by atoms with Gasteiger partial charge < -0.3 is 4.90 Å². The summed E-state index contributed by atoms with van der Waals surface area (Å²) in [7, 11) is 0. The Morgan fingerprint density at radius 1 is 1.33 bits per heavy atom. The van der Waals surface area contributed by atoms with Gasteiger partial charge in [0, 0.05) is 15.9 Å². The predicted molar refractivity (Wildman–Crippen MR) is 58.9 cm³/mol. The van der Waals surface area contributed by atoms with Crippen molar-refractivity contribution in [2.45, 2.75) is 32.1 Å². The molecular formula is C12H20N2O. The number of hydrogen-bond acceptors (Lipinski definition) is 2. The Morgan fingerprint density at radius 2 is 1.93 bits per heavy atom. The van der Waals surface area contributed by atoms with Crippen LogP contribution in [-0.4, -0.2) is 23.9 Å². The molecule has 3 aliphatic rings. The Bertz CT molecular complexity index is 337. The van der Waals surface area contributed by atoms with Gasteiger partial charge in [-0.15, -0.1) is 0 Å². The number of hydrogen-bond donors (Lipinski definition) is 0. The lowest BCUT2D eigenvalue weighted by Gasteiger charge is -2.19. The number of likely N-dealkylation sites (tertiary alicyclic amines) is 1. The Hall–Kier alpha value is -1.04. The summed E-state index contributed by atoms with van der Waals surface area (Å²) in [5, 5.41) is 8.99. The molecule has 3 fully saturated rings. The molecule has 2 unspecified atom stereocenters. The van der Waals surface area contributed by atoms with Gasteiger partial charge in [-0.3, -0.25) is 4.79 Å². The van der Waals surface area contributed by atoms with Crippen LogP contribution in [0.25, 0.3) is 0 Å². The van der Waals surface area contributed by atoms with E-state index in [-0.39, 0.29) is 8.76 Å². The van der Waals surface area contributed by atoms with Crippen molar-refractivity contribution in [3.63, 3.8) is 0 Å². The van der Waals surface area contributed by atoms with Crippen molar-refractivity contribution in [2.24, 2.45) is 17.3 Å². The van der Waals surface area contributed by atoms with Crippen molar-refractivity contribution in [3.8, 4) is 6.07 Å². The average Bonchev–Trinajstić information content (AvgIpc) is 2.74. The van der Waals surface area contributed by atoms with Gasteiger partial charge in [-0.05, 0) is 37.5 Å². The van der Waals surface area contributed by atoms with Gasteiger partial charge in [0.1, 0.15) is 5.41 Å². The molecule has 2 atom stereocenters. The maximum Gasteiger partial charge on any atom is 0.243 e. The van der Waals surface area contributed by atoms with E-state index in [9.17, 15) is 4.79 Å². The largest absolute Gasteiger partial charge is 0.341 e. The second-order valence-corrected chi connectivity index (χ2v) is 5.36. The van der Waals surface area contributed by atoms with Crippen LogP contribution < -0.4 is 0 Å². The molecule has 1 amide bonds. The first-order valence-corrected chi connectivity index (χ1v) is 5.96. The molecule has 0 aromatic carbocycles. The van der Waals surface area contributed by atoms with Gasteiger partial charge in [-0.2, -0.15) is 5.26 Å². The first-order valence-electron chi connectivity index (χ1n) is 5.96. The Balaban J connectivity index is 0.000000722. The smallest absolute Gasteiger partial charge is 0.243 e. The van der Waals surface area contributed by atoms with Crippen LogP contribution in [0.2, 0.25) is 0 Å². The molecule has 2 aliphatic carbocycles. The number of nitriles is 1. The topological polar surface area (TPSA) is 44.1 Å². The highest BCUT2D eigenvalue weighted by Crippen LogP contribution is 2.48. The van der Waals surface area contributed by atoms with Crippen LogP contribution >= 0.6 is 0 Å². The summed E-state index contributed by atoms with van der Waals surface area (Å²) < 4.78 is 0. The van der Waals surface area contributed by atoms with E-state index in [1.54, 1.807) is 0 Å². The van der Waals surface area contributed by atoms with E-state index in [4.69, 9.17) is 5.26 Å². The van der Waals surface area contributed by atoms with Crippen LogP contribution in [0.1, 0.15) is 35.0 Å². The quantitative estimate of drug-likeness (QED) is 0.662. The Labute approximate surface area is 93.0 Å². The van der Waals surface area contributed by atoms with E-state index in [1.165, 1.54) is 19.3 Å². The van der Waals surface area contributed by atoms with Crippen LogP contribution in [0.5, 0.6) is 0 Å². The number of nitrogens with zero attached hydrogens (tertiary/aromatic N) is 2. The fraction of sp³-hybridized carbons (Fsp3) is 0.833. The fourth-order valence-corrected chi connectivity index (χ4v) is 3.20. The second kappa shape index (κ2) is 2.98. The molecule has 3 rings (SSSR count). The van der Waals surface area contributed by atoms with Crippen LogP contribution in [0.4, 0.5) is 0 Å². The standard InChI is InChI=1S/C12H16N2O.2H2/c13-8-12(4-5-12)11(15)14-6-9-2-1-3-10(9)7-14;;/h9-10H,1-7H2;2*1H. The van der Waals surface area contributed by atoms with Gasteiger partial charge in [0.25, 0.3) is 0 Å². The van der Waals surface area contributed by atoms with E-state index in [0.717, 1.165) is 37.8 Å². The minimum atomic E-state index is -0.599. The summed E-state index contributed by atoms with van der Waals surface area (Å²) in [4.78, 5) is 14.1. The highest BCUT2D eigenvalue weighted by Gasteiger charge is 2.54. The first-order chi connectivity index (χ1) is 7.25. The van der Waals surface area contributed by atoms with E-state index in [1.807, 2.05) is 4.90 Å². The minimum absolute atomic E-state index is 0. The zero-order valence-electron chi connectivity index (χ0n) is 8.91. The molecule has 0 aromatic rings. The highest BCUT2D eigenvalue weighted by atomic mass is 16.2. The third kappa shape index (κ3) is 1.27.